The number of hydrogen-bond donors (Lipinski definition) is 0. The van der Waals surface area contributed by atoms with Gasteiger partial charge in [0.05, 0.1) is 11.0 Å². The fourth-order valence-electron chi connectivity index (χ4n) is 6.98. The summed E-state index contributed by atoms with van der Waals surface area (Å²) in [6.07, 6.45) is 0. The standard InChI is InChI=1S/C41H24N2OS/c1-2-10-25(11-3-1)33-24-35-38(37-32-15-7-9-17-36(32)45-40(33)37)42-41(44-35)27-18-21-28(22-19-27)43-34-16-8-6-14-30(34)31-23-20-26-12-4-5-13-29(26)39(31)43/h1-24H. The van der Waals surface area contributed by atoms with Crippen LogP contribution >= 0.6 is 11.3 Å². The van der Waals surface area contributed by atoms with Crippen molar-refractivity contribution in [3.8, 4) is 28.3 Å². The number of rotatable bonds is 3. The molecule has 0 saturated heterocycles. The average Bonchev–Trinajstić information content (AvgIpc) is 3.80. The fourth-order valence-corrected chi connectivity index (χ4v) is 8.22. The zero-order valence-electron chi connectivity index (χ0n) is 24.1. The van der Waals surface area contributed by atoms with Gasteiger partial charge in [-0.25, -0.2) is 4.98 Å². The zero-order valence-corrected chi connectivity index (χ0v) is 24.9. The summed E-state index contributed by atoms with van der Waals surface area (Å²) in [6, 6.07) is 51.7. The Bertz CT molecular complexity index is 2750. The van der Waals surface area contributed by atoms with Gasteiger partial charge in [0.2, 0.25) is 5.89 Å². The van der Waals surface area contributed by atoms with Gasteiger partial charge >= 0.3 is 0 Å². The van der Waals surface area contributed by atoms with Gasteiger partial charge < -0.3 is 8.98 Å². The van der Waals surface area contributed by atoms with Crippen LogP contribution in [0.15, 0.2) is 150 Å². The van der Waals surface area contributed by atoms with E-state index in [0.29, 0.717) is 5.89 Å². The SMILES string of the molecule is c1ccc(-c2cc3oc(-c4ccc(-n5c6ccccc6c6ccc7ccccc7c65)cc4)nc3c3c2sc2ccccc23)cc1. The summed E-state index contributed by atoms with van der Waals surface area (Å²) in [5.74, 6) is 0.631. The molecule has 3 aromatic heterocycles. The van der Waals surface area contributed by atoms with Crippen LogP contribution in [0.1, 0.15) is 0 Å². The quantitative estimate of drug-likeness (QED) is 0.204. The topological polar surface area (TPSA) is 31.0 Å². The normalized spacial score (nSPS) is 12.0. The van der Waals surface area contributed by atoms with Crippen LogP contribution in [0.4, 0.5) is 0 Å². The van der Waals surface area contributed by atoms with Crippen LogP contribution in [-0.2, 0) is 0 Å². The minimum Gasteiger partial charge on any atom is -0.436 e. The molecular weight excluding hydrogens is 569 g/mol. The predicted octanol–water partition coefficient (Wildman–Crippen LogP) is 11.8. The fraction of sp³-hybridized carbons (Fsp3) is 0. The maximum Gasteiger partial charge on any atom is 0.227 e. The Labute approximate surface area is 262 Å². The van der Waals surface area contributed by atoms with Crippen LogP contribution in [0.3, 0.4) is 0 Å². The van der Waals surface area contributed by atoms with Crippen molar-refractivity contribution in [3.63, 3.8) is 0 Å². The van der Waals surface area contributed by atoms with Crippen LogP contribution in [0.25, 0.3) is 92.1 Å². The van der Waals surface area contributed by atoms with E-state index < -0.39 is 0 Å². The molecule has 0 aliphatic rings. The van der Waals surface area contributed by atoms with Crippen LogP contribution in [0, 0.1) is 0 Å². The third-order valence-electron chi connectivity index (χ3n) is 9.02. The first-order chi connectivity index (χ1) is 22.3. The summed E-state index contributed by atoms with van der Waals surface area (Å²) in [5, 5.41) is 7.37. The minimum atomic E-state index is 0.631. The second-order valence-corrected chi connectivity index (χ2v) is 12.6. The predicted molar refractivity (Wildman–Crippen MR) is 190 cm³/mol. The van der Waals surface area contributed by atoms with E-state index in [1.165, 1.54) is 58.5 Å². The van der Waals surface area contributed by atoms with E-state index in [0.717, 1.165) is 27.7 Å². The van der Waals surface area contributed by atoms with Gasteiger partial charge in [-0.2, -0.15) is 0 Å². The van der Waals surface area contributed by atoms with Gasteiger partial charge in [-0.1, -0.05) is 103 Å². The van der Waals surface area contributed by atoms with Crippen LogP contribution in [0.2, 0.25) is 0 Å². The highest BCUT2D eigenvalue weighted by molar-refractivity contribution is 7.26. The molecule has 0 bridgehead atoms. The largest absolute Gasteiger partial charge is 0.436 e. The number of para-hydroxylation sites is 1. The summed E-state index contributed by atoms with van der Waals surface area (Å²) < 4.78 is 11.4. The molecule has 0 aliphatic heterocycles. The third-order valence-corrected chi connectivity index (χ3v) is 10.2. The second kappa shape index (κ2) is 9.39. The molecule has 7 aromatic carbocycles. The van der Waals surface area contributed by atoms with E-state index in [1.807, 2.05) is 11.3 Å². The average molecular weight is 593 g/mol. The molecule has 45 heavy (non-hydrogen) atoms. The molecule has 3 nitrogen and oxygen atoms in total. The molecule has 10 rings (SSSR count). The van der Waals surface area contributed by atoms with Gasteiger partial charge in [0.1, 0.15) is 5.52 Å². The van der Waals surface area contributed by atoms with E-state index in [-0.39, 0.29) is 0 Å². The monoisotopic (exact) mass is 592 g/mol. The van der Waals surface area contributed by atoms with Crippen molar-refractivity contribution in [1.29, 1.82) is 0 Å². The molecule has 3 heterocycles. The van der Waals surface area contributed by atoms with Crippen LogP contribution < -0.4 is 0 Å². The zero-order chi connectivity index (χ0) is 29.5. The van der Waals surface area contributed by atoms with Gasteiger partial charge in [-0.3, -0.25) is 0 Å². The highest BCUT2D eigenvalue weighted by Gasteiger charge is 2.20. The van der Waals surface area contributed by atoms with Crippen molar-refractivity contribution in [1.82, 2.24) is 9.55 Å². The Hall–Kier alpha value is -5.71. The molecule has 0 unspecified atom stereocenters. The van der Waals surface area contributed by atoms with Crippen molar-refractivity contribution in [2.45, 2.75) is 0 Å². The molecule has 210 valence electrons. The number of fused-ring (bicyclic) bond motifs is 10. The van der Waals surface area contributed by atoms with Crippen molar-refractivity contribution < 1.29 is 4.42 Å². The van der Waals surface area contributed by atoms with E-state index in [9.17, 15) is 0 Å². The number of benzene rings is 7. The molecule has 0 radical (unpaired) electrons. The molecular formula is C41H24N2OS. The lowest BCUT2D eigenvalue weighted by Gasteiger charge is -2.10. The van der Waals surface area contributed by atoms with Crippen molar-refractivity contribution in [2.24, 2.45) is 0 Å². The molecule has 0 N–H and O–H groups in total. The number of nitrogens with zero attached hydrogens (tertiary/aromatic N) is 2. The lowest BCUT2D eigenvalue weighted by Crippen LogP contribution is -1.94. The number of aromatic nitrogens is 2. The lowest BCUT2D eigenvalue weighted by atomic mass is 10.0. The maximum absolute atomic E-state index is 6.56. The van der Waals surface area contributed by atoms with Crippen LogP contribution in [-0.4, -0.2) is 9.55 Å². The van der Waals surface area contributed by atoms with Gasteiger partial charge in [0, 0.05) is 53.1 Å². The van der Waals surface area contributed by atoms with Gasteiger partial charge in [0.15, 0.2) is 5.58 Å². The Kier molecular flexibility index (Phi) is 5.16. The Morgan fingerprint density at radius 2 is 1.31 bits per heavy atom. The summed E-state index contributed by atoms with van der Waals surface area (Å²) in [6.45, 7) is 0. The van der Waals surface area contributed by atoms with E-state index in [4.69, 9.17) is 9.40 Å². The highest BCUT2D eigenvalue weighted by atomic mass is 32.1. The first kappa shape index (κ1) is 24.7. The molecule has 0 spiro atoms. The number of thiophene rings is 1. The molecule has 0 amide bonds. The van der Waals surface area contributed by atoms with Crippen molar-refractivity contribution >= 4 is 75.2 Å². The summed E-state index contributed by atoms with van der Waals surface area (Å²) in [5.41, 5.74) is 8.55. The smallest absolute Gasteiger partial charge is 0.227 e. The molecule has 0 saturated carbocycles. The Balaban J connectivity index is 1.17. The maximum atomic E-state index is 6.56. The van der Waals surface area contributed by atoms with E-state index in [1.54, 1.807) is 0 Å². The highest BCUT2D eigenvalue weighted by Crippen LogP contribution is 2.45. The molecule has 0 aliphatic carbocycles. The first-order valence-electron chi connectivity index (χ1n) is 15.1. The third kappa shape index (κ3) is 3.60. The lowest BCUT2D eigenvalue weighted by molar-refractivity contribution is 0.620. The van der Waals surface area contributed by atoms with Crippen LogP contribution in [0.5, 0.6) is 0 Å². The number of hydrogen-bond acceptors (Lipinski definition) is 3. The van der Waals surface area contributed by atoms with Gasteiger partial charge in [0.25, 0.3) is 0 Å². The first-order valence-corrected chi connectivity index (χ1v) is 16.0. The van der Waals surface area contributed by atoms with E-state index >= 15 is 0 Å². The summed E-state index contributed by atoms with van der Waals surface area (Å²) in [7, 11) is 0. The molecule has 10 aromatic rings. The van der Waals surface area contributed by atoms with E-state index in [2.05, 4.69) is 150 Å². The Morgan fingerprint density at radius 1 is 0.578 bits per heavy atom. The second-order valence-electron chi connectivity index (χ2n) is 11.5. The summed E-state index contributed by atoms with van der Waals surface area (Å²) in [4.78, 5) is 5.13. The Morgan fingerprint density at radius 3 is 2.18 bits per heavy atom. The minimum absolute atomic E-state index is 0.631. The summed E-state index contributed by atoms with van der Waals surface area (Å²) >= 11 is 1.82. The molecule has 0 atom stereocenters. The molecule has 4 heteroatoms. The number of oxazole rings is 1. The van der Waals surface area contributed by atoms with Crippen molar-refractivity contribution in [2.75, 3.05) is 0 Å². The van der Waals surface area contributed by atoms with Gasteiger partial charge in [-0.05, 0) is 53.4 Å². The molecule has 0 fully saturated rings. The van der Waals surface area contributed by atoms with Gasteiger partial charge in [-0.15, -0.1) is 11.3 Å². The van der Waals surface area contributed by atoms with Crippen molar-refractivity contribution in [3.05, 3.63) is 146 Å².